The topological polar surface area (TPSA) is 29.9 Å². The Morgan fingerprint density at radius 1 is 1.50 bits per heavy atom. The van der Waals surface area contributed by atoms with Crippen molar-refractivity contribution in [3.05, 3.63) is 24.5 Å². The maximum Gasteiger partial charge on any atom is 0.108 e. The second kappa shape index (κ2) is 4.32. The molecule has 1 atom stereocenters. The molecule has 1 N–H and O–H groups in total. The minimum Gasteiger partial charge on any atom is -0.381 e. The first kappa shape index (κ1) is 11.2. The Morgan fingerprint density at radius 2 is 2.19 bits per heavy atom. The van der Waals surface area contributed by atoms with E-state index in [1.807, 2.05) is 6.07 Å². The first-order valence-corrected chi connectivity index (χ1v) is 6.09. The van der Waals surface area contributed by atoms with Crippen LogP contribution in [0.1, 0.15) is 45.3 Å². The Hall–Kier alpha value is -1.25. The van der Waals surface area contributed by atoms with Gasteiger partial charge in [0, 0.05) is 12.2 Å². The van der Waals surface area contributed by atoms with Gasteiger partial charge in [-0.3, -0.25) is 4.68 Å². The van der Waals surface area contributed by atoms with Gasteiger partial charge in [-0.25, -0.2) is 0 Å². The maximum atomic E-state index is 4.54. The molecule has 16 heavy (non-hydrogen) atoms. The van der Waals surface area contributed by atoms with E-state index in [2.05, 4.69) is 48.6 Å². The van der Waals surface area contributed by atoms with Crippen LogP contribution in [0.3, 0.4) is 0 Å². The van der Waals surface area contributed by atoms with Crippen LogP contribution in [0.4, 0.5) is 0 Å². The highest BCUT2D eigenvalue weighted by molar-refractivity contribution is 5.57. The second-order valence-corrected chi connectivity index (χ2v) is 5.07. The lowest BCUT2D eigenvalue weighted by atomic mass is 10.1. The predicted molar refractivity (Wildman–Crippen MR) is 67.0 cm³/mol. The number of aromatic nitrogens is 2. The maximum absolute atomic E-state index is 4.54. The average Bonchev–Trinajstić information content (AvgIpc) is 2.96. The van der Waals surface area contributed by atoms with Crippen LogP contribution in [0, 0.1) is 5.92 Å². The van der Waals surface area contributed by atoms with Gasteiger partial charge in [0.2, 0.25) is 0 Å². The number of rotatable bonds is 5. The summed E-state index contributed by atoms with van der Waals surface area (Å²) < 4.78 is 2.06. The number of nitrogens with one attached hydrogen (secondary N) is 1. The summed E-state index contributed by atoms with van der Waals surface area (Å²) >= 11 is 0. The lowest BCUT2D eigenvalue weighted by molar-refractivity contribution is 0.480. The molecule has 0 bridgehead atoms. The Kier molecular flexibility index (Phi) is 3.03. The molecule has 0 unspecified atom stereocenters. The first-order valence-electron chi connectivity index (χ1n) is 6.09. The molecule has 0 spiro atoms. The van der Waals surface area contributed by atoms with Crippen LogP contribution >= 0.6 is 0 Å². The fraction of sp³-hybridized carbons (Fsp3) is 0.615. The molecule has 0 aliphatic heterocycles. The third-order valence-corrected chi connectivity index (χ3v) is 3.24. The summed E-state index contributed by atoms with van der Waals surface area (Å²) in [7, 11) is 0. The van der Waals surface area contributed by atoms with Crippen molar-refractivity contribution in [2.45, 2.75) is 45.7 Å². The molecule has 1 aliphatic rings. The largest absolute Gasteiger partial charge is 0.381 e. The zero-order chi connectivity index (χ0) is 11.7. The van der Waals surface area contributed by atoms with Gasteiger partial charge in [-0.15, -0.1) is 0 Å². The highest BCUT2D eigenvalue weighted by atomic mass is 15.3. The van der Waals surface area contributed by atoms with Crippen molar-refractivity contribution in [3.8, 4) is 0 Å². The lowest BCUT2D eigenvalue weighted by Gasteiger charge is -2.19. The molecule has 1 aromatic rings. The van der Waals surface area contributed by atoms with E-state index in [1.54, 1.807) is 0 Å². The summed E-state index contributed by atoms with van der Waals surface area (Å²) in [6.45, 7) is 10.6. The van der Waals surface area contributed by atoms with Gasteiger partial charge in [0.25, 0.3) is 0 Å². The molecule has 1 fully saturated rings. The first-order chi connectivity index (χ1) is 7.58. The zero-order valence-electron chi connectivity index (χ0n) is 10.4. The van der Waals surface area contributed by atoms with Crippen molar-refractivity contribution < 1.29 is 0 Å². The molecule has 1 aromatic heterocycles. The van der Waals surface area contributed by atoms with Gasteiger partial charge in [-0.05, 0) is 31.7 Å². The van der Waals surface area contributed by atoms with E-state index in [0.29, 0.717) is 18.0 Å². The molecule has 0 radical (unpaired) electrons. The van der Waals surface area contributed by atoms with Crippen LogP contribution in [-0.4, -0.2) is 15.8 Å². The summed E-state index contributed by atoms with van der Waals surface area (Å²) in [5.41, 5.74) is 1.90. The lowest BCUT2D eigenvalue weighted by Crippen LogP contribution is -2.29. The highest BCUT2D eigenvalue weighted by Crippen LogP contribution is 2.34. The molecule has 0 saturated heterocycles. The third kappa shape index (κ3) is 2.46. The van der Waals surface area contributed by atoms with E-state index in [1.165, 1.54) is 12.8 Å². The smallest absolute Gasteiger partial charge is 0.108 e. The number of nitrogens with zero attached hydrogens (tertiary/aromatic N) is 2. The molecule has 2 rings (SSSR count). The van der Waals surface area contributed by atoms with E-state index < -0.39 is 0 Å². The van der Waals surface area contributed by atoms with Crippen LogP contribution in [0.5, 0.6) is 0 Å². The van der Waals surface area contributed by atoms with E-state index >= 15 is 0 Å². The fourth-order valence-electron chi connectivity index (χ4n) is 1.56. The minimum atomic E-state index is 0.429. The van der Waals surface area contributed by atoms with Crippen molar-refractivity contribution in [1.29, 1.82) is 0 Å². The van der Waals surface area contributed by atoms with Crippen LogP contribution in [0.15, 0.2) is 18.8 Å². The van der Waals surface area contributed by atoms with Gasteiger partial charge in [0.1, 0.15) is 5.69 Å². The van der Waals surface area contributed by atoms with Gasteiger partial charge < -0.3 is 5.32 Å². The predicted octanol–water partition coefficient (Wildman–Crippen LogP) is 2.82. The zero-order valence-corrected chi connectivity index (χ0v) is 10.4. The third-order valence-electron chi connectivity index (χ3n) is 3.24. The molecular weight excluding hydrogens is 198 g/mol. The summed E-state index contributed by atoms with van der Waals surface area (Å²) in [5, 5.41) is 7.94. The van der Waals surface area contributed by atoms with Gasteiger partial charge in [0.15, 0.2) is 0 Å². The molecule has 3 heteroatoms. The van der Waals surface area contributed by atoms with Gasteiger partial charge >= 0.3 is 0 Å². The molecule has 1 aliphatic carbocycles. The van der Waals surface area contributed by atoms with Crippen molar-refractivity contribution >= 4 is 5.70 Å². The molecule has 1 heterocycles. The van der Waals surface area contributed by atoms with Crippen molar-refractivity contribution in [2.75, 3.05) is 0 Å². The molecule has 88 valence electrons. The summed E-state index contributed by atoms with van der Waals surface area (Å²) in [6.07, 6.45) is 4.59. The Bertz CT molecular complexity index is 374. The SMILES string of the molecule is C=C(N[C@H](C)C(C)C)c1ccn(C2CC2)n1. The van der Waals surface area contributed by atoms with Crippen molar-refractivity contribution in [3.63, 3.8) is 0 Å². The van der Waals surface area contributed by atoms with Crippen LogP contribution in [-0.2, 0) is 0 Å². The molecule has 3 nitrogen and oxygen atoms in total. The quantitative estimate of drug-likeness (QED) is 0.825. The molecule has 0 amide bonds. The van der Waals surface area contributed by atoms with E-state index in [9.17, 15) is 0 Å². The highest BCUT2D eigenvalue weighted by Gasteiger charge is 2.24. The standard InChI is InChI=1S/C13H21N3/c1-9(2)10(3)14-11(4)13-7-8-16(15-13)12-5-6-12/h7-10,12,14H,4-6H2,1-3H3/t10-/m1/s1. The molecular formula is C13H21N3. The number of hydrogen-bond donors (Lipinski definition) is 1. The number of hydrogen-bond acceptors (Lipinski definition) is 2. The fourth-order valence-corrected chi connectivity index (χ4v) is 1.56. The second-order valence-electron chi connectivity index (χ2n) is 5.07. The minimum absolute atomic E-state index is 0.429. The van der Waals surface area contributed by atoms with Gasteiger partial charge in [0.05, 0.1) is 11.7 Å². The van der Waals surface area contributed by atoms with E-state index in [4.69, 9.17) is 0 Å². The average molecular weight is 219 g/mol. The Labute approximate surface area is 97.5 Å². The van der Waals surface area contributed by atoms with Crippen LogP contribution in [0.2, 0.25) is 0 Å². The van der Waals surface area contributed by atoms with Crippen LogP contribution in [0.25, 0.3) is 5.70 Å². The Morgan fingerprint density at radius 3 is 2.75 bits per heavy atom. The summed E-state index contributed by atoms with van der Waals surface area (Å²) in [5.74, 6) is 0.599. The van der Waals surface area contributed by atoms with E-state index in [0.717, 1.165) is 11.4 Å². The van der Waals surface area contributed by atoms with Crippen molar-refractivity contribution in [1.82, 2.24) is 15.1 Å². The normalized spacial score (nSPS) is 17.5. The summed E-state index contributed by atoms with van der Waals surface area (Å²) in [6, 6.07) is 3.11. The molecule has 1 saturated carbocycles. The Balaban J connectivity index is 1.97. The monoisotopic (exact) mass is 219 g/mol. The van der Waals surface area contributed by atoms with Gasteiger partial charge in [-0.2, -0.15) is 5.10 Å². The van der Waals surface area contributed by atoms with Crippen molar-refractivity contribution in [2.24, 2.45) is 5.92 Å². The van der Waals surface area contributed by atoms with E-state index in [-0.39, 0.29) is 0 Å². The van der Waals surface area contributed by atoms with Crippen LogP contribution < -0.4 is 5.32 Å². The van der Waals surface area contributed by atoms with Gasteiger partial charge in [-0.1, -0.05) is 20.4 Å². The summed E-state index contributed by atoms with van der Waals surface area (Å²) in [4.78, 5) is 0. The molecule has 0 aromatic carbocycles.